The van der Waals surface area contributed by atoms with E-state index in [0.29, 0.717) is 0 Å². The van der Waals surface area contributed by atoms with Crippen molar-refractivity contribution < 1.29 is 0 Å². The standard InChI is InChI=1S/C16H19ClN2/c1-10-7-11(2)9-13(8-10)16(19-18)14-6-4-5-12(3)15(14)17/h4-9,16,19H,18H2,1-3H3. The molecule has 0 radical (unpaired) electrons. The van der Waals surface area contributed by atoms with E-state index < -0.39 is 0 Å². The van der Waals surface area contributed by atoms with Gasteiger partial charge in [0, 0.05) is 5.02 Å². The zero-order valence-electron chi connectivity index (χ0n) is 11.5. The highest BCUT2D eigenvalue weighted by atomic mass is 35.5. The number of hydrogen-bond donors (Lipinski definition) is 2. The molecule has 0 amide bonds. The molecule has 2 rings (SSSR count). The average Bonchev–Trinajstić information content (AvgIpc) is 2.34. The fourth-order valence-electron chi connectivity index (χ4n) is 2.44. The largest absolute Gasteiger partial charge is 0.271 e. The van der Waals surface area contributed by atoms with Gasteiger partial charge in [0.2, 0.25) is 0 Å². The maximum Gasteiger partial charge on any atom is 0.0724 e. The van der Waals surface area contributed by atoms with Crippen molar-refractivity contribution in [2.75, 3.05) is 0 Å². The van der Waals surface area contributed by atoms with Gasteiger partial charge in [-0.15, -0.1) is 0 Å². The molecular formula is C16H19ClN2. The Balaban J connectivity index is 2.53. The van der Waals surface area contributed by atoms with Crippen molar-refractivity contribution in [3.8, 4) is 0 Å². The third-order valence-electron chi connectivity index (χ3n) is 3.28. The van der Waals surface area contributed by atoms with Crippen molar-refractivity contribution in [1.82, 2.24) is 5.43 Å². The molecule has 2 aromatic carbocycles. The molecule has 2 nitrogen and oxygen atoms in total. The number of benzene rings is 2. The second-order valence-corrected chi connectivity index (χ2v) is 5.38. The minimum Gasteiger partial charge on any atom is -0.271 e. The Bertz CT molecular complexity index is 573. The smallest absolute Gasteiger partial charge is 0.0724 e. The normalized spacial score (nSPS) is 12.5. The third kappa shape index (κ3) is 2.98. The van der Waals surface area contributed by atoms with E-state index in [1.807, 2.05) is 25.1 Å². The third-order valence-corrected chi connectivity index (χ3v) is 3.79. The maximum absolute atomic E-state index is 6.40. The minimum absolute atomic E-state index is 0.0917. The van der Waals surface area contributed by atoms with Crippen LogP contribution in [0.5, 0.6) is 0 Å². The highest BCUT2D eigenvalue weighted by Crippen LogP contribution is 2.30. The van der Waals surface area contributed by atoms with Gasteiger partial charge in [-0.05, 0) is 37.5 Å². The predicted molar refractivity (Wildman–Crippen MR) is 81.3 cm³/mol. The summed E-state index contributed by atoms with van der Waals surface area (Å²) in [4.78, 5) is 0. The van der Waals surface area contributed by atoms with Gasteiger partial charge in [0.1, 0.15) is 0 Å². The van der Waals surface area contributed by atoms with E-state index in [1.165, 1.54) is 11.1 Å². The van der Waals surface area contributed by atoms with Gasteiger partial charge in [-0.1, -0.05) is 59.1 Å². The summed E-state index contributed by atoms with van der Waals surface area (Å²) in [5.74, 6) is 5.75. The van der Waals surface area contributed by atoms with E-state index in [4.69, 9.17) is 17.4 Å². The van der Waals surface area contributed by atoms with Crippen LogP contribution in [0.3, 0.4) is 0 Å². The lowest BCUT2D eigenvalue weighted by molar-refractivity contribution is 0.636. The Kier molecular flexibility index (Phi) is 4.25. The molecule has 3 heteroatoms. The van der Waals surface area contributed by atoms with E-state index in [-0.39, 0.29) is 6.04 Å². The minimum atomic E-state index is -0.0917. The van der Waals surface area contributed by atoms with E-state index in [9.17, 15) is 0 Å². The number of nitrogens with one attached hydrogen (secondary N) is 1. The van der Waals surface area contributed by atoms with Crippen molar-refractivity contribution in [2.24, 2.45) is 5.84 Å². The first-order valence-electron chi connectivity index (χ1n) is 6.32. The highest BCUT2D eigenvalue weighted by molar-refractivity contribution is 6.32. The summed E-state index contributed by atoms with van der Waals surface area (Å²) in [6.07, 6.45) is 0. The van der Waals surface area contributed by atoms with Crippen LogP contribution in [0.1, 0.15) is 33.9 Å². The van der Waals surface area contributed by atoms with Crippen molar-refractivity contribution >= 4 is 11.6 Å². The number of halogens is 1. The quantitative estimate of drug-likeness (QED) is 0.660. The Morgan fingerprint density at radius 2 is 1.68 bits per heavy atom. The first kappa shape index (κ1) is 14.1. The summed E-state index contributed by atoms with van der Waals surface area (Å²) in [7, 11) is 0. The lowest BCUT2D eigenvalue weighted by Gasteiger charge is -2.20. The van der Waals surface area contributed by atoms with Crippen molar-refractivity contribution in [3.05, 3.63) is 69.2 Å². The molecule has 100 valence electrons. The van der Waals surface area contributed by atoms with Gasteiger partial charge in [-0.2, -0.15) is 0 Å². The second kappa shape index (κ2) is 5.74. The van der Waals surface area contributed by atoms with Gasteiger partial charge >= 0.3 is 0 Å². The van der Waals surface area contributed by atoms with E-state index in [1.54, 1.807) is 0 Å². The van der Waals surface area contributed by atoms with Gasteiger partial charge in [0.05, 0.1) is 6.04 Å². The molecule has 3 N–H and O–H groups in total. The molecule has 0 bridgehead atoms. The SMILES string of the molecule is Cc1cc(C)cc(C(NN)c2cccc(C)c2Cl)c1. The van der Waals surface area contributed by atoms with Crippen LogP contribution in [-0.4, -0.2) is 0 Å². The van der Waals surface area contributed by atoms with Crippen LogP contribution < -0.4 is 11.3 Å². The molecule has 0 aromatic heterocycles. The van der Waals surface area contributed by atoms with Crippen LogP contribution in [0, 0.1) is 20.8 Å². The summed E-state index contributed by atoms with van der Waals surface area (Å²) in [5.41, 5.74) is 8.51. The average molecular weight is 275 g/mol. The van der Waals surface area contributed by atoms with Gasteiger partial charge in [0.25, 0.3) is 0 Å². The summed E-state index contributed by atoms with van der Waals surface area (Å²) < 4.78 is 0. The van der Waals surface area contributed by atoms with Gasteiger partial charge in [-0.25, -0.2) is 5.43 Å². The van der Waals surface area contributed by atoms with Crippen LogP contribution in [0.25, 0.3) is 0 Å². The van der Waals surface area contributed by atoms with Gasteiger partial charge < -0.3 is 0 Å². The Hall–Kier alpha value is -1.35. The summed E-state index contributed by atoms with van der Waals surface area (Å²) in [5, 5.41) is 0.768. The number of hydrazine groups is 1. The predicted octanol–water partition coefficient (Wildman–Crippen LogP) is 3.82. The Morgan fingerprint density at radius 3 is 2.26 bits per heavy atom. The van der Waals surface area contributed by atoms with E-state index in [2.05, 4.69) is 37.5 Å². The zero-order chi connectivity index (χ0) is 14.0. The molecule has 0 aliphatic rings. The fraction of sp³-hybridized carbons (Fsp3) is 0.250. The summed E-state index contributed by atoms with van der Waals surface area (Å²) >= 11 is 6.40. The molecule has 0 heterocycles. The lowest BCUT2D eigenvalue weighted by atomic mass is 9.95. The lowest BCUT2D eigenvalue weighted by Crippen LogP contribution is -2.29. The van der Waals surface area contributed by atoms with Crippen LogP contribution in [0.4, 0.5) is 0 Å². The monoisotopic (exact) mass is 274 g/mol. The molecule has 0 fully saturated rings. The molecular weight excluding hydrogens is 256 g/mol. The van der Waals surface area contributed by atoms with Gasteiger partial charge in [-0.3, -0.25) is 5.84 Å². The maximum atomic E-state index is 6.40. The number of nitrogens with two attached hydrogens (primary N) is 1. The number of rotatable bonds is 3. The highest BCUT2D eigenvalue weighted by Gasteiger charge is 2.16. The molecule has 0 saturated carbocycles. The molecule has 2 aromatic rings. The Morgan fingerprint density at radius 1 is 1.05 bits per heavy atom. The molecule has 0 saturated heterocycles. The first-order chi connectivity index (χ1) is 9.02. The topological polar surface area (TPSA) is 38.0 Å². The summed E-state index contributed by atoms with van der Waals surface area (Å²) in [6.45, 7) is 6.17. The van der Waals surface area contributed by atoms with Crippen LogP contribution >= 0.6 is 11.6 Å². The van der Waals surface area contributed by atoms with Gasteiger partial charge in [0.15, 0.2) is 0 Å². The molecule has 0 spiro atoms. The van der Waals surface area contributed by atoms with E-state index >= 15 is 0 Å². The zero-order valence-corrected chi connectivity index (χ0v) is 12.3. The van der Waals surface area contributed by atoms with Crippen molar-refractivity contribution in [2.45, 2.75) is 26.8 Å². The molecule has 0 aliphatic heterocycles. The Labute approximate surface area is 119 Å². The van der Waals surface area contributed by atoms with Crippen LogP contribution in [-0.2, 0) is 0 Å². The molecule has 0 aliphatic carbocycles. The first-order valence-corrected chi connectivity index (χ1v) is 6.70. The van der Waals surface area contributed by atoms with Crippen molar-refractivity contribution in [1.29, 1.82) is 0 Å². The summed E-state index contributed by atoms with van der Waals surface area (Å²) in [6, 6.07) is 12.3. The number of aryl methyl sites for hydroxylation is 3. The van der Waals surface area contributed by atoms with Crippen LogP contribution in [0.2, 0.25) is 5.02 Å². The number of hydrogen-bond acceptors (Lipinski definition) is 2. The van der Waals surface area contributed by atoms with Crippen molar-refractivity contribution in [3.63, 3.8) is 0 Å². The second-order valence-electron chi connectivity index (χ2n) is 5.00. The molecule has 1 atom stereocenters. The van der Waals surface area contributed by atoms with Crippen LogP contribution in [0.15, 0.2) is 36.4 Å². The molecule has 19 heavy (non-hydrogen) atoms. The van der Waals surface area contributed by atoms with E-state index in [0.717, 1.165) is 21.7 Å². The fourth-order valence-corrected chi connectivity index (χ4v) is 2.67. The molecule has 1 unspecified atom stereocenters.